The minimum Gasteiger partial charge on any atom is -0.486 e. The summed E-state index contributed by atoms with van der Waals surface area (Å²) < 4.78 is 11.2. The highest BCUT2D eigenvalue weighted by molar-refractivity contribution is 5.83. The van der Waals surface area contributed by atoms with E-state index >= 15 is 0 Å². The van der Waals surface area contributed by atoms with E-state index in [0.717, 1.165) is 18.4 Å². The van der Waals surface area contributed by atoms with Crippen LogP contribution in [-0.4, -0.2) is 24.3 Å². The fourth-order valence-electron chi connectivity index (χ4n) is 3.03. The zero-order chi connectivity index (χ0) is 12.6. The van der Waals surface area contributed by atoms with Gasteiger partial charge in [-0.15, -0.1) is 0 Å². The molecule has 4 nitrogen and oxygen atoms in total. The Balaban J connectivity index is 2.13. The summed E-state index contributed by atoms with van der Waals surface area (Å²) in [5, 5.41) is 9.62. The van der Waals surface area contributed by atoms with Crippen molar-refractivity contribution in [2.24, 2.45) is 0 Å². The molecule has 0 saturated heterocycles. The fourth-order valence-corrected chi connectivity index (χ4v) is 3.03. The predicted molar refractivity (Wildman–Crippen MR) is 65.2 cm³/mol. The molecular formula is C14H16O4. The summed E-state index contributed by atoms with van der Waals surface area (Å²) in [6, 6.07) is 5.56. The largest absolute Gasteiger partial charge is 0.486 e. The Morgan fingerprint density at radius 3 is 2.61 bits per heavy atom. The van der Waals surface area contributed by atoms with E-state index < -0.39 is 11.4 Å². The van der Waals surface area contributed by atoms with Crippen LogP contribution in [0.4, 0.5) is 0 Å². The lowest BCUT2D eigenvalue weighted by Gasteiger charge is -2.29. The molecule has 1 aromatic rings. The molecular weight excluding hydrogens is 232 g/mol. The van der Waals surface area contributed by atoms with Crippen molar-refractivity contribution >= 4 is 5.97 Å². The van der Waals surface area contributed by atoms with E-state index in [1.807, 2.05) is 18.2 Å². The molecule has 0 unspecified atom stereocenters. The molecule has 0 amide bonds. The zero-order valence-corrected chi connectivity index (χ0v) is 10.1. The van der Waals surface area contributed by atoms with E-state index in [9.17, 15) is 9.90 Å². The van der Waals surface area contributed by atoms with Crippen molar-refractivity contribution in [2.45, 2.75) is 31.1 Å². The molecule has 0 aromatic heterocycles. The maximum atomic E-state index is 11.7. The molecule has 0 radical (unpaired) electrons. The molecule has 3 rings (SSSR count). The first-order chi connectivity index (χ1) is 8.74. The number of carboxylic acids is 1. The lowest BCUT2D eigenvalue weighted by molar-refractivity contribution is -0.143. The van der Waals surface area contributed by atoms with Crippen LogP contribution in [0.2, 0.25) is 0 Å². The number of hydrogen-bond acceptors (Lipinski definition) is 3. The van der Waals surface area contributed by atoms with Crippen LogP contribution in [0.15, 0.2) is 18.2 Å². The van der Waals surface area contributed by atoms with Gasteiger partial charge in [-0.3, -0.25) is 4.79 Å². The number of benzene rings is 1. The molecule has 1 fully saturated rings. The number of carbonyl (C=O) groups is 1. The average molecular weight is 248 g/mol. The molecule has 4 heteroatoms. The van der Waals surface area contributed by atoms with Gasteiger partial charge in [-0.25, -0.2) is 0 Å². The molecule has 1 N–H and O–H groups in total. The number of rotatable bonds is 2. The number of ether oxygens (including phenoxy) is 2. The van der Waals surface area contributed by atoms with Gasteiger partial charge in [0.15, 0.2) is 11.5 Å². The van der Waals surface area contributed by atoms with Crippen molar-refractivity contribution in [3.63, 3.8) is 0 Å². The number of hydrogen-bond donors (Lipinski definition) is 1. The highest BCUT2D eigenvalue weighted by atomic mass is 16.6. The zero-order valence-electron chi connectivity index (χ0n) is 10.1. The predicted octanol–water partition coefficient (Wildman–Crippen LogP) is 2.35. The van der Waals surface area contributed by atoms with E-state index in [0.29, 0.717) is 37.6 Å². The fraction of sp³-hybridized carbons (Fsp3) is 0.500. The van der Waals surface area contributed by atoms with Crippen molar-refractivity contribution in [1.82, 2.24) is 0 Å². The molecule has 1 aliphatic heterocycles. The highest BCUT2D eigenvalue weighted by Gasteiger charge is 2.45. The minimum absolute atomic E-state index is 0.486. The topological polar surface area (TPSA) is 55.8 Å². The van der Waals surface area contributed by atoms with E-state index in [2.05, 4.69) is 0 Å². The molecule has 96 valence electrons. The van der Waals surface area contributed by atoms with Gasteiger partial charge in [0.2, 0.25) is 0 Å². The van der Waals surface area contributed by atoms with E-state index in [-0.39, 0.29) is 0 Å². The maximum absolute atomic E-state index is 11.7. The third-order valence-corrected chi connectivity index (χ3v) is 3.95. The number of carboxylic acid groups (broad SMARTS) is 1. The molecule has 1 aromatic carbocycles. The van der Waals surface area contributed by atoms with Gasteiger partial charge in [0.1, 0.15) is 13.2 Å². The summed E-state index contributed by atoms with van der Waals surface area (Å²) in [4.78, 5) is 11.7. The Kier molecular flexibility index (Phi) is 2.65. The van der Waals surface area contributed by atoms with Crippen LogP contribution in [0.3, 0.4) is 0 Å². The number of para-hydroxylation sites is 1. The van der Waals surface area contributed by atoms with Crippen LogP contribution in [-0.2, 0) is 10.2 Å². The Hall–Kier alpha value is -1.71. The van der Waals surface area contributed by atoms with E-state index in [1.165, 1.54) is 0 Å². The van der Waals surface area contributed by atoms with Crippen molar-refractivity contribution < 1.29 is 19.4 Å². The summed E-state index contributed by atoms with van der Waals surface area (Å²) in [5.74, 6) is 0.557. The average Bonchev–Trinajstić information content (AvgIpc) is 2.88. The number of fused-ring (bicyclic) bond motifs is 1. The van der Waals surface area contributed by atoms with Crippen LogP contribution in [0, 0.1) is 0 Å². The van der Waals surface area contributed by atoms with Gasteiger partial charge in [-0.05, 0) is 18.9 Å². The van der Waals surface area contributed by atoms with Crippen molar-refractivity contribution in [1.29, 1.82) is 0 Å². The first-order valence-electron chi connectivity index (χ1n) is 6.36. The molecule has 18 heavy (non-hydrogen) atoms. The summed E-state index contributed by atoms with van der Waals surface area (Å²) in [6.07, 6.45) is 3.28. The third-order valence-electron chi connectivity index (χ3n) is 3.95. The first-order valence-corrected chi connectivity index (χ1v) is 6.36. The van der Waals surface area contributed by atoms with Crippen LogP contribution in [0.1, 0.15) is 31.2 Å². The second-order valence-corrected chi connectivity index (χ2v) is 4.92. The lowest BCUT2D eigenvalue weighted by Crippen LogP contribution is -2.34. The van der Waals surface area contributed by atoms with Gasteiger partial charge in [0.05, 0.1) is 5.41 Å². The van der Waals surface area contributed by atoms with Crippen LogP contribution >= 0.6 is 0 Å². The lowest BCUT2D eigenvalue weighted by atomic mass is 9.78. The summed E-state index contributed by atoms with van der Waals surface area (Å²) >= 11 is 0. The summed E-state index contributed by atoms with van der Waals surface area (Å²) in [7, 11) is 0. The van der Waals surface area contributed by atoms with Crippen LogP contribution in [0.25, 0.3) is 0 Å². The van der Waals surface area contributed by atoms with Gasteiger partial charge < -0.3 is 14.6 Å². The molecule has 2 aliphatic rings. The quantitative estimate of drug-likeness (QED) is 0.872. The Morgan fingerprint density at radius 1 is 1.17 bits per heavy atom. The molecule has 0 atom stereocenters. The highest BCUT2D eigenvalue weighted by Crippen LogP contribution is 2.48. The third kappa shape index (κ3) is 1.55. The normalized spacial score (nSPS) is 20.7. The molecule has 1 aliphatic carbocycles. The molecule has 0 spiro atoms. The SMILES string of the molecule is O=C(O)C1(c2cccc3c2OCCO3)CCCC1. The van der Waals surface area contributed by atoms with Gasteiger partial charge in [-0.1, -0.05) is 25.0 Å². The van der Waals surface area contributed by atoms with Gasteiger partial charge in [-0.2, -0.15) is 0 Å². The Bertz CT molecular complexity index is 475. The van der Waals surface area contributed by atoms with Gasteiger partial charge in [0, 0.05) is 5.56 Å². The molecule has 0 bridgehead atoms. The number of aliphatic carboxylic acids is 1. The van der Waals surface area contributed by atoms with Crippen LogP contribution in [0.5, 0.6) is 11.5 Å². The van der Waals surface area contributed by atoms with Crippen LogP contribution < -0.4 is 9.47 Å². The summed E-state index contributed by atoms with van der Waals surface area (Å²) in [5.41, 5.74) is -0.00354. The van der Waals surface area contributed by atoms with E-state index in [4.69, 9.17) is 9.47 Å². The van der Waals surface area contributed by atoms with Crippen molar-refractivity contribution in [3.8, 4) is 11.5 Å². The Morgan fingerprint density at radius 2 is 1.89 bits per heavy atom. The maximum Gasteiger partial charge on any atom is 0.314 e. The van der Waals surface area contributed by atoms with Crippen molar-refractivity contribution in [3.05, 3.63) is 23.8 Å². The smallest absolute Gasteiger partial charge is 0.314 e. The molecule has 1 heterocycles. The molecule has 1 saturated carbocycles. The summed E-state index contributed by atoms with van der Waals surface area (Å²) in [6.45, 7) is 1.01. The Labute approximate surface area is 106 Å². The second kappa shape index (κ2) is 4.19. The minimum atomic E-state index is -0.786. The standard InChI is InChI=1S/C14H16O4/c15-13(16)14(6-1-2-7-14)10-4-3-5-11-12(10)18-9-8-17-11/h3-5H,1-2,6-9H2,(H,15,16). The monoisotopic (exact) mass is 248 g/mol. The van der Waals surface area contributed by atoms with Gasteiger partial charge >= 0.3 is 5.97 Å². The van der Waals surface area contributed by atoms with E-state index in [1.54, 1.807) is 0 Å². The second-order valence-electron chi connectivity index (χ2n) is 4.92. The van der Waals surface area contributed by atoms with Crippen molar-refractivity contribution in [2.75, 3.05) is 13.2 Å². The van der Waals surface area contributed by atoms with Gasteiger partial charge in [0.25, 0.3) is 0 Å². The first kappa shape index (κ1) is 11.4.